The van der Waals surface area contributed by atoms with Gasteiger partial charge in [-0.3, -0.25) is 0 Å². The van der Waals surface area contributed by atoms with Gasteiger partial charge in [0.05, 0.1) is 33.4 Å². The summed E-state index contributed by atoms with van der Waals surface area (Å²) in [6, 6.07) is 168. The summed E-state index contributed by atoms with van der Waals surface area (Å²) in [5.41, 5.74) is 39.2. The Kier molecular flexibility index (Phi) is 17.9. The van der Waals surface area contributed by atoms with Crippen molar-refractivity contribution in [3.05, 3.63) is 483 Å². The number of fused-ring (bicyclic) bond motifs is 22. The molecule has 2 aliphatic carbocycles. The average molecular weight is 1710 g/mol. The van der Waals surface area contributed by atoms with Crippen LogP contribution in [0.3, 0.4) is 0 Å². The molecular weight excluding hydrogens is 1630 g/mol. The van der Waals surface area contributed by atoms with Crippen LogP contribution in [-0.4, -0.2) is 9.13 Å². The molecule has 4 heterocycles. The number of rotatable bonds is 13. The molecule has 0 atom stereocenters. The fraction of sp³-hybridized carbons (Fsp3) is 0.0469. The van der Waals surface area contributed by atoms with E-state index in [1.54, 1.807) is 0 Å². The van der Waals surface area contributed by atoms with Crippen molar-refractivity contribution in [2.45, 2.75) is 38.5 Å². The molecule has 0 unspecified atom stereocenters. The molecule has 0 aliphatic heterocycles. The van der Waals surface area contributed by atoms with Gasteiger partial charge in [-0.05, 0) is 249 Å². The van der Waals surface area contributed by atoms with E-state index >= 15 is 0 Å². The first kappa shape index (κ1) is 78.0. The maximum atomic E-state index is 6.87. The van der Waals surface area contributed by atoms with Crippen molar-refractivity contribution in [2.75, 3.05) is 9.80 Å². The molecule has 0 N–H and O–H groups in total. The number of aromatic nitrogens is 2. The molecule has 0 bridgehead atoms. The highest BCUT2D eigenvalue weighted by molar-refractivity contribution is 6.23. The minimum Gasteiger partial charge on any atom is -0.454 e. The highest BCUT2D eigenvalue weighted by atomic mass is 16.3. The topological polar surface area (TPSA) is 42.6 Å². The summed E-state index contributed by atoms with van der Waals surface area (Å²) in [7, 11) is 0. The van der Waals surface area contributed by atoms with Crippen LogP contribution in [0.4, 0.5) is 34.1 Å². The highest BCUT2D eigenvalue weighted by Crippen LogP contribution is 2.55. The molecule has 4 aromatic heterocycles. The zero-order valence-corrected chi connectivity index (χ0v) is 74.5. The Morgan fingerprint density at radius 2 is 0.507 bits per heavy atom. The summed E-state index contributed by atoms with van der Waals surface area (Å²) in [6.07, 6.45) is 0. The summed E-state index contributed by atoms with van der Waals surface area (Å²) in [6.45, 7) is 9.39. The van der Waals surface area contributed by atoms with Gasteiger partial charge < -0.3 is 27.8 Å². The number of nitrogens with zero attached hydrogens (tertiary/aromatic N) is 4. The third-order valence-electron chi connectivity index (χ3n) is 28.8. The molecule has 0 radical (unpaired) electrons. The minimum absolute atomic E-state index is 0.137. The predicted molar refractivity (Wildman–Crippen MR) is 563 cm³/mol. The van der Waals surface area contributed by atoms with Gasteiger partial charge >= 0.3 is 0 Å². The average Bonchev–Trinajstić information content (AvgIpc) is 1.56. The van der Waals surface area contributed by atoms with Crippen LogP contribution in [0, 0.1) is 0 Å². The molecule has 0 fully saturated rings. The molecule has 21 aromatic carbocycles. The number of para-hydroxylation sites is 6. The molecule has 0 amide bonds. The van der Waals surface area contributed by atoms with Crippen molar-refractivity contribution in [3.63, 3.8) is 0 Å². The largest absolute Gasteiger partial charge is 0.454 e. The van der Waals surface area contributed by atoms with Gasteiger partial charge in [0.2, 0.25) is 0 Å². The third-order valence-corrected chi connectivity index (χ3v) is 28.8. The van der Waals surface area contributed by atoms with E-state index in [4.69, 9.17) is 8.83 Å². The zero-order chi connectivity index (χ0) is 89.0. The summed E-state index contributed by atoms with van der Waals surface area (Å²) < 4.78 is 18.5. The summed E-state index contributed by atoms with van der Waals surface area (Å²) in [5, 5.41) is 14.4. The summed E-state index contributed by atoms with van der Waals surface area (Å²) in [5.74, 6) is 0. The smallest absolute Gasteiger partial charge is 0.159 e. The SMILES string of the molecule is CC1(C)c2ccccc2-c2ccc(N(c3ccc(-c4ccc(-c5ccc(-c6ccc7c(c6)c6ccccc6n7-c6ccccc6)cc5)cc4)cc3)c3cccc4c3oc3ccc5ccccc5c34)cc21.CC1(C)c2ccccc2-c2ccc(N(c3ccc(-c4ccc(-c5ccc(-n6c7ccccc7c7ccccc76)cc5)cc4)cc3)c3cccc4c3oc3ccc5ccccc5c34)cc21. The van der Waals surface area contributed by atoms with Crippen LogP contribution >= 0.6 is 0 Å². The van der Waals surface area contributed by atoms with E-state index in [-0.39, 0.29) is 10.8 Å². The second-order valence-corrected chi connectivity index (χ2v) is 37.0. The van der Waals surface area contributed by atoms with Crippen LogP contribution in [0.25, 0.3) is 198 Å². The molecule has 134 heavy (non-hydrogen) atoms. The molecule has 6 heteroatoms. The number of benzene rings is 21. The maximum absolute atomic E-state index is 6.87. The molecular formula is C128H88N4O2. The lowest BCUT2D eigenvalue weighted by Crippen LogP contribution is -2.16. The lowest BCUT2D eigenvalue weighted by atomic mass is 9.82. The van der Waals surface area contributed by atoms with Gasteiger partial charge in [-0.15, -0.1) is 0 Å². The Labute approximate surface area is 776 Å². The molecule has 632 valence electrons. The van der Waals surface area contributed by atoms with Crippen LogP contribution < -0.4 is 9.80 Å². The molecule has 6 nitrogen and oxygen atoms in total. The van der Waals surface area contributed by atoms with Crippen molar-refractivity contribution in [1.82, 2.24) is 9.13 Å². The molecule has 0 saturated heterocycles. The Morgan fingerprint density at radius 1 is 0.201 bits per heavy atom. The predicted octanol–water partition coefficient (Wildman–Crippen LogP) is 35.6. The number of hydrogen-bond acceptors (Lipinski definition) is 4. The molecule has 25 aromatic rings. The standard InChI is InChI=1S/C67H46N2O.C61H42N2O/c1-67(2)59-20-10-8-17-54(59)55-38-37-52(42-60(55)67)68(63-22-12-19-57-65-53-16-7-6-13-48(53)34-40-64(65)70-66(57)63)51-35-31-46(32-36-51)45-25-23-43(24-26-45)44-27-29-47(30-28-44)49-33-39-62-58(41-49)56-18-9-11-21-61(56)69(62)50-14-4-3-5-15-50;1-61(2)53-18-8-5-14-48(53)49-36-35-46(38-54(49)61)62(57-21-11-17-52-59-47-13-4-3-12-43(47)30-37-58(59)64-60(52)57)44-31-26-41(27-32-44)39-22-24-40(25-23-39)42-28-33-45(34-29-42)63-55-19-9-6-15-50(55)51-16-7-10-20-56(51)63/h3-42H,1-2H3;3-38H,1-2H3. The van der Waals surface area contributed by atoms with Crippen molar-refractivity contribution in [2.24, 2.45) is 0 Å². The van der Waals surface area contributed by atoms with Crippen molar-refractivity contribution < 1.29 is 8.83 Å². The lowest BCUT2D eigenvalue weighted by molar-refractivity contribution is 0.660. The quantitative estimate of drug-likeness (QED) is 0.115. The van der Waals surface area contributed by atoms with Crippen molar-refractivity contribution in [3.8, 4) is 89.3 Å². The van der Waals surface area contributed by atoms with Gasteiger partial charge in [-0.1, -0.05) is 361 Å². The van der Waals surface area contributed by atoms with Gasteiger partial charge in [0.1, 0.15) is 11.2 Å². The van der Waals surface area contributed by atoms with E-state index in [1.807, 2.05) is 0 Å². The molecule has 2 aliphatic rings. The molecule has 0 saturated carbocycles. The first-order chi connectivity index (χ1) is 65.9. The van der Waals surface area contributed by atoms with Gasteiger partial charge in [0.15, 0.2) is 11.2 Å². The second kappa shape index (κ2) is 30.8. The summed E-state index contributed by atoms with van der Waals surface area (Å²) in [4.78, 5) is 4.76. The van der Waals surface area contributed by atoms with Crippen molar-refractivity contribution >= 4 is 143 Å². The van der Waals surface area contributed by atoms with Crippen LogP contribution in [0.15, 0.2) is 470 Å². The Hall–Kier alpha value is -17.1. The van der Waals surface area contributed by atoms with E-state index < -0.39 is 0 Å². The van der Waals surface area contributed by atoms with E-state index in [9.17, 15) is 0 Å². The lowest BCUT2D eigenvalue weighted by Gasteiger charge is -2.28. The Balaban J connectivity index is 0.000000140. The number of anilines is 6. The van der Waals surface area contributed by atoms with Crippen LogP contribution in [0.1, 0.15) is 49.9 Å². The maximum Gasteiger partial charge on any atom is 0.159 e. The Bertz CT molecular complexity index is 8970. The summed E-state index contributed by atoms with van der Waals surface area (Å²) >= 11 is 0. The first-order valence-electron chi connectivity index (χ1n) is 46.4. The highest BCUT2D eigenvalue weighted by Gasteiger charge is 2.38. The Morgan fingerprint density at radius 3 is 0.933 bits per heavy atom. The van der Waals surface area contributed by atoms with Crippen LogP contribution in [-0.2, 0) is 10.8 Å². The van der Waals surface area contributed by atoms with Crippen LogP contribution in [0.5, 0.6) is 0 Å². The van der Waals surface area contributed by atoms with E-state index in [2.05, 4.69) is 508 Å². The zero-order valence-electron chi connectivity index (χ0n) is 74.5. The first-order valence-corrected chi connectivity index (χ1v) is 46.4. The minimum atomic E-state index is -0.141. The van der Waals surface area contributed by atoms with Gasteiger partial charge in [0.25, 0.3) is 0 Å². The van der Waals surface area contributed by atoms with E-state index in [1.165, 1.54) is 160 Å². The fourth-order valence-electron chi connectivity index (χ4n) is 22.2. The fourth-order valence-corrected chi connectivity index (χ4v) is 22.2. The third kappa shape index (κ3) is 12.5. The van der Waals surface area contributed by atoms with Crippen molar-refractivity contribution in [1.29, 1.82) is 0 Å². The van der Waals surface area contributed by atoms with Gasteiger partial charge in [-0.2, -0.15) is 0 Å². The second-order valence-electron chi connectivity index (χ2n) is 37.0. The van der Waals surface area contributed by atoms with Crippen LogP contribution in [0.2, 0.25) is 0 Å². The molecule has 27 rings (SSSR count). The number of hydrogen-bond donors (Lipinski definition) is 0. The normalized spacial score (nSPS) is 12.9. The van der Waals surface area contributed by atoms with Gasteiger partial charge in [0, 0.05) is 88.0 Å². The van der Waals surface area contributed by atoms with Gasteiger partial charge in [-0.25, -0.2) is 0 Å². The van der Waals surface area contributed by atoms with E-state index in [0.29, 0.717) is 0 Å². The number of furan rings is 2. The van der Waals surface area contributed by atoms with E-state index in [0.717, 1.165) is 94.8 Å². The molecule has 0 spiro atoms. The monoisotopic (exact) mass is 1710 g/mol.